The van der Waals surface area contributed by atoms with Gasteiger partial charge in [0.1, 0.15) is 23.0 Å². The van der Waals surface area contributed by atoms with Gasteiger partial charge in [0.25, 0.3) is 0 Å². The van der Waals surface area contributed by atoms with Crippen LogP contribution in [0.3, 0.4) is 0 Å². The number of carbonyl (C=O) groups excluding carboxylic acids is 2. The monoisotopic (exact) mass is 548 g/mol. The molecule has 2 atom stereocenters. The second-order valence-electron chi connectivity index (χ2n) is 11.9. The summed E-state index contributed by atoms with van der Waals surface area (Å²) >= 11 is 0. The molecule has 2 amide bonds. The van der Waals surface area contributed by atoms with Gasteiger partial charge in [0.15, 0.2) is 5.58 Å². The first-order chi connectivity index (χ1) is 18.9. The lowest BCUT2D eigenvalue weighted by Gasteiger charge is -2.36. The minimum Gasteiger partial charge on any atom is -0.444 e. The molecule has 2 N–H and O–H groups in total. The van der Waals surface area contributed by atoms with Crippen LogP contribution in [-0.4, -0.2) is 33.7 Å². The summed E-state index contributed by atoms with van der Waals surface area (Å²) in [7, 11) is 1.60. The van der Waals surface area contributed by atoms with Gasteiger partial charge in [-0.15, -0.1) is 0 Å². The largest absolute Gasteiger partial charge is 0.444 e. The molecule has 2 aliphatic carbocycles. The molecule has 3 aromatic rings. The second kappa shape index (κ2) is 9.81. The van der Waals surface area contributed by atoms with E-state index < -0.39 is 40.8 Å². The van der Waals surface area contributed by atoms with E-state index in [1.165, 1.54) is 10.6 Å². The topological polar surface area (TPSA) is 126 Å². The molecule has 10 heteroatoms. The van der Waals surface area contributed by atoms with E-state index >= 15 is 4.39 Å². The number of hydrogen-bond donors (Lipinski definition) is 2. The number of hydrogen-bond acceptors (Lipinski definition) is 6. The maximum absolute atomic E-state index is 15.2. The fourth-order valence-corrected chi connectivity index (χ4v) is 5.91. The molecule has 9 nitrogen and oxygen atoms in total. The summed E-state index contributed by atoms with van der Waals surface area (Å²) in [5, 5.41) is 15.5. The third-order valence-corrected chi connectivity index (χ3v) is 8.13. The van der Waals surface area contributed by atoms with Gasteiger partial charge >= 0.3 is 11.8 Å². The smallest absolute Gasteiger partial charge is 0.419 e. The molecule has 0 bridgehead atoms. The average molecular weight is 549 g/mol. The maximum atomic E-state index is 15.2. The van der Waals surface area contributed by atoms with Crippen molar-refractivity contribution in [2.75, 3.05) is 0 Å². The SMILES string of the molecule is Cn1c(=O)oc2ccc(-c3ccc(C[C@@H](C#N)NC(=O)C4(NC(=O)OC(C)(C)C)CCCC45CC5)c(F)c3)cc21. The summed E-state index contributed by atoms with van der Waals surface area (Å²) in [6.45, 7) is 5.26. The van der Waals surface area contributed by atoms with Crippen molar-refractivity contribution in [3.05, 3.63) is 58.3 Å². The van der Waals surface area contributed by atoms with Gasteiger partial charge in [-0.1, -0.05) is 18.2 Å². The number of nitriles is 1. The predicted molar refractivity (Wildman–Crippen MR) is 146 cm³/mol. The maximum Gasteiger partial charge on any atom is 0.419 e. The highest BCUT2D eigenvalue weighted by atomic mass is 19.1. The number of ether oxygens (including phenoxy) is 1. The van der Waals surface area contributed by atoms with Crippen molar-refractivity contribution in [2.24, 2.45) is 12.5 Å². The Morgan fingerprint density at radius 2 is 1.85 bits per heavy atom. The summed E-state index contributed by atoms with van der Waals surface area (Å²) in [4.78, 5) is 38.2. The van der Waals surface area contributed by atoms with E-state index in [0.717, 1.165) is 25.7 Å². The van der Waals surface area contributed by atoms with Crippen molar-refractivity contribution < 1.29 is 23.1 Å². The zero-order valence-corrected chi connectivity index (χ0v) is 23.1. The minimum absolute atomic E-state index is 0.0425. The summed E-state index contributed by atoms with van der Waals surface area (Å²) < 4.78 is 27.2. The third-order valence-electron chi connectivity index (χ3n) is 8.13. The standard InChI is InChI=1S/C30H33FN4O5/c1-28(2,3)40-26(37)34-30(11-5-10-29(30)12-13-29)25(36)33-21(17-32)14-20-7-6-18(15-22(20)31)19-8-9-24-23(16-19)35(4)27(38)39-24/h6-9,15-16,21H,5,10-14H2,1-4H3,(H,33,36)(H,34,37)/t21-,30?/m0/s1. The van der Waals surface area contributed by atoms with Crippen LogP contribution in [0.25, 0.3) is 22.2 Å². The molecule has 2 aromatic carbocycles. The molecular formula is C30H33FN4O5. The van der Waals surface area contributed by atoms with E-state index in [9.17, 15) is 19.6 Å². The van der Waals surface area contributed by atoms with Crippen LogP contribution in [-0.2, 0) is 23.0 Å². The molecule has 40 heavy (non-hydrogen) atoms. The molecule has 1 aromatic heterocycles. The van der Waals surface area contributed by atoms with Crippen LogP contribution in [0, 0.1) is 22.6 Å². The molecule has 210 valence electrons. The first kappa shape index (κ1) is 27.4. The lowest BCUT2D eigenvalue weighted by atomic mass is 9.82. The summed E-state index contributed by atoms with van der Waals surface area (Å²) in [6, 6.07) is 10.9. The molecule has 1 heterocycles. The number of nitrogens with zero attached hydrogens (tertiary/aromatic N) is 2. The summed E-state index contributed by atoms with van der Waals surface area (Å²) in [6.07, 6.45) is 2.94. The quantitative estimate of drug-likeness (QED) is 0.459. The van der Waals surface area contributed by atoms with Crippen LogP contribution in [0.15, 0.2) is 45.6 Å². The number of fused-ring (bicyclic) bond motifs is 1. The zero-order valence-electron chi connectivity index (χ0n) is 23.1. The fourth-order valence-electron chi connectivity index (χ4n) is 5.91. The van der Waals surface area contributed by atoms with E-state index in [2.05, 4.69) is 16.7 Å². The molecular weight excluding hydrogens is 515 g/mol. The van der Waals surface area contributed by atoms with Gasteiger partial charge in [-0.2, -0.15) is 5.26 Å². The molecule has 1 spiro atoms. The van der Waals surface area contributed by atoms with Gasteiger partial charge in [0, 0.05) is 18.9 Å². The zero-order chi connectivity index (χ0) is 28.9. The van der Waals surface area contributed by atoms with Crippen LogP contribution >= 0.6 is 0 Å². The Hall–Kier alpha value is -4.13. The van der Waals surface area contributed by atoms with Crippen molar-refractivity contribution in [1.29, 1.82) is 5.26 Å². The number of halogens is 1. The average Bonchev–Trinajstić information content (AvgIpc) is 3.51. The van der Waals surface area contributed by atoms with Crippen LogP contribution in [0.4, 0.5) is 9.18 Å². The van der Waals surface area contributed by atoms with E-state index in [-0.39, 0.29) is 17.4 Å². The fraction of sp³-hybridized carbons (Fsp3) is 0.467. The first-order valence-electron chi connectivity index (χ1n) is 13.5. The van der Waals surface area contributed by atoms with Crippen molar-refractivity contribution in [3.63, 3.8) is 0 Å². The van der Waals surface area contributed by atoms with Gasteiger partial charge in [-0.25, -0.2) is 14.0 Å². The van der Waals surface area contributed by atoms with Gasteiger partial charge in [0.05, 0.1) is 11.6 Å². The Balaban J connectivity index is 1.33. The molecule has 2 aliphatic rings. The summed E-state index contributed by atoms with van der Waals surface area (Å²) in [5.74, 6) is -1.43. The van der Waals surface area contributed by atoms with Crippen LogP contribution < -0.4 is 16.4 Å². The van der Waals surface area contributed by atoms with Crippen LogP contribution in [0.5, 0.6) is 0 Å². The second-order valence-corrected chi connectivity index (χ2v) is 11.9. The van der Waals surface area contributed by atoms with Crippen molar-refractivity contribution in [3.8, 4) is 17.2 Å². The molecule has 5 rings (SSSR count). The molecule has 2 fully saturated rings. The highest BCUT2D eigenvalue weighted by Crippen LogP contribution is 2.63. The van der Waals surface area contributed by atoms with Crippen molar-refractivity contribution in [2.45, 2.75) is 76.5 Å². The van der Waals surface area contributed by atoms with Gasteiger partial charge in [-0.3, -0.25) is 9.36 Å². The molecule has 1 unspecified atom stereocenters. The number of amides is 2. The predicted octanol–water partition coefficient (Wildman–Crippen LogP) is 4.72. The highest BCUT2D eigenvalue weighted by molar-refractivity contribution is 5.92. The Morgan fingerprint density at radius 3 is 2.50 bits per heavy atom. The van der Waals surface area contributed by atoms with Crippen molar-refractivity contribution in [1.82, 2.24) is 15.2 Å². The van der Waals surface area contributed by atoms with Crippen LogP contribution in [0.1, 0.15) is 58.4 Å². The van der Waals surface area contributed by atoms with Gasteiger partial charge in [-0.05, 0) is 87.8 Å². The Bertz CT molecular complexity index is 1590. The van der Waals surface area contributed by atoms with Gasteiger partial charge in [0.2, 0.25) is 5.91 Å². The first-order valence-corrected chi connectivity index (χ1v) is 13.5. The number of aryl methyl sites for hydroxylation is 1. The number of nitrogens with one attached hydrogen (secondary N) is 2. The normalized spacial score (nSPS) is 20.2. The third kappa shape index (κ3) is 4.96. The van der Waals surface area contributed by atoms with E-state index in [0.29, 0.717) is 28.6 Å². The summed E-state index contributed by atoms with van der Waals surface area (Å²) in [5.41, 5.74) is 0.357. The number of alkyl carbamates (subject to hydrolysis) is 1. The Morgan fingerprint density at radius 1 is 1.15 bits per heavy atom. The lowest BCUT2D eigenvalue weighted by Crippen LogP contribution is -2.63. The Kier molecular flexibility index (Phi) is 6.73. The Labute approximate surface area is 231 Å². The molecule has 0 radical (unpaired) electrons. The lowest BCUT2D eigenvalue weighted by molar-refractivity contribution is -0.130. The van der Waals surface area contributed by atoms with E-state index in [4.69, 9.17) is 9.15 Å². The number of aromatic nitrogens is 1. The van der Waals surface area contributed by atoms with E-state index in [1.54, 1.807) is 58.2 Å². The molecule has 2 saturated carbocycles. The number of rotatable bonds is 6. The van der Waals surface area contributed by atoms with E-state index in [1.807, 2.05) is 0 Å². The molecule has 0 saturated heterocycles. The molecule has 0 aliphatic heterocycles. The number of carbonyl (C=O) groups is 2. The number of benzene rings is 2. The number of oxazole rings is 1. The van der Waals surface area contributed by atoms with Crippen LogP contribution in [0.2, 0.25) is 0 Å². The highest BCUT2D eigenvalue weighted by Gasteiger charge is 2.66. The minimum atomic E-state index is -1.17. The van der Waals surface area contributed by atoms with Crippen molar-refractivity contribution >= 4 is 23.1 Å². The van der Waals surface area contributed by atoms with Gasteiger partial charge < -0.3 is 19.8 Å².